The summed E-state index contributed by atoms with van der Waals surface area (Å²) < 4.78 is 21.8. The molecule has 1 N–H and O–H groups in total. The number of nitrogens with one attached hydrogen (secondary N) is 1. The summed E-state index contributed by atoms with van der Waals surface area (Å²) in [6.45, 7) is 2.03. The van der Waals surface area contributed by atoms with E-state index in [4.69, 9.17) is 0 Å². The van der Waals surface area contributed by atoms with Crippen molar-refractivity contribution in [2.45, 2.75) is 19.3 Å². The fourth-order valence-electron chi connectivity index (χ4n) is 1.41. The van der Waals surface area contributed by atoms with Crippen LogP contribution in [-0.4, -0.2) is 33.5 Å². The first-order chi connectivity index (χ1) is 6.08. The monoisotopic (exact) mass is 203 g/mol. The van der Waals surface area contributed by atoms with Gasteiger partial charge in [0.05, 0.1) is 5.75 Å². The predicted molar refractivity (Wildman–Crippen MR) is 54.5 cm³/mol. The van der Waals surface area contributed by atoms with E-state index in [9.17, 15) is 8.42 Å². The van der Waals surface area contributed by atoms with Gasteiger partial charge in [-0.25, -0.2) is 8.42 Å². The van der Waals surface area contributed by atoms with Crippen molar-refractivity contribution in [2.75, 3.05) is 25.1 Å². The third-order valence-electron chi connectivity index (χ3n) is 2.15. The molecule has 1 heterocycles. The van der Waals surface area contributed by atoms with Crippen LogP contribution in [0.2, 0.25) is 0 Å². The molecule has 76 valence electrons. The van der Waals surface area contributed by atoms with Crippen molar-refractivity contribution in [3.05, 3.63) is 11.6 Å². The molecule has 0 aromatic carbocycles. The van der Waals surface area contributed by atoms with Gasteiger partial charge in [0, 0.05) is 6.26 Å². The molecule has 4 heteroatoms. The molecule has 0 atom stereocenters. The van der Waals surface area contributed by atoms with Crippen LogP contribution in [0.15, 0.2) is 11.6 Å². The van der Waals surface area contributed by atoms with Crippen LogP contribution in [0, 0.1) is 0 Å². The fourth-order valence-corrected chi connectivity index (χ4v) is 1.95. The average Bonchev–Trinajstić information content (AvgIpc) is 2.26. The van der Waals surface area contributed by atoms with Crippen molar-refractivity contribution in [1.29, 1.82) is 0 Å². The molecule has 0 unspecified atom stereocenters. The maximum absolute atomic E-state index is 10.9. The first kappa shape index (κ1) is 10.7. The van der Waals surface area contributed by atoms with Crippen molar-refractivity contribution < 1.29 is 8.42 Å². The third kappa shape index (κ3) is 5.05. The highest BCUT2D eigenvalue weighted by Gasteiger charge is 2.05. The van der Waals surface area contributed by atoms with Crippen LogP contribution in [0.4, 0.5) is 0 Å². The summed E-state index contributed by atoms with van der Waals surface area (Å²) in [4.78, 5) is 0. The highest BCUT2D eigenvalue weighted by Crippen LogP contribution is 2.11. The van der Waals surface area contributed by atoms with Crippen molar-refractivity contribution in [2.24, 2.45) is 0 Å². The molecular formula is C9H17NO2S. The molecule has 0 aromatic rings. The molecule has 13 heavy (non-hydrogen) atoms. The summed E-state index contributed by atoms with van der Waals surface area (Å²) in [5, 5.41) is 3.28. The van der Waals surface area contributed by atoms with E-state index in [-0.39, 0.29) is 5.75 Å². The van der Waals surface area contributed by atoms with Gasteiger partial charge in [-0.1, -0.05) is 11.6 Å². The summed E-state index contributed by atoms with van der Waals surface area (Å²) >= 11 is 0. The molecule has 1 aliphatic rings. The molecule has 0 amide bonds. The molecule has 1 saturated heterocycles. The summed E-state index contributed by atoms with van der Waals surface area (Å²) in [5.41, 5.74) is 1.29. The van der Waals surface area contributed by atoms with E-state index in [1.54, 1.807) is 0 Å². The van der Waals surface area contributed by atoms with E-state index in [2.05, 4.69) is 5.32 Å². The highest BCUT2D eigenvalue weighted by molar-refractivity contribution is 7.90. The summed E-state index contributed by atoms with van der Waals surface area (Å²) in [7, 11) is -2.83. The molecule has 0 aliphatic carbocycles. The van der Waals surface area contributed by atoms with Crippen LogP contribution >= 0.6 is 0 Å². The lowest BCUT2D eigenvalue weighted by Crippen LogP contribution is -2.13. The van der Waals surface area contributed by atoms with Gasteiger partial charge in [-0.15, -0.1) is 0 Å². The Bertz CT molecular complexity index is 270. The first-order valence-electron chi connectivity index (χ1n) is 4.64. The number of sulfone groups is 1. The predicted octanol–water partition coefficient (Wildman–Crippen LogP) is 0.731. The van der Waals surface area contributed by atoms with Crippen molar-refractivity contribution in [3.63, 3.8) is 0 Å². The largest absolute Gasteiger partial charge is 0.316 e. The Morgan fingerprint density at radius 2 is 2.15 bits per heavy atom. The SMILES string of the molecule is CS(=O)(=O)C/C=C1/CCCNCC1. The van der Waals surface area contributed by atoms with Crippen LogP contribution in [0.5, 0.6) is 0 Å². The van der Waals surface area contributed by atoms with Crippen LogP contribution in [-0.2, 0) is 9.84 Å². The lowest BCUT2D eigenvalue weighted by molar-refractivity contribution is 0.604. The summed E-state index contributed by atoms with van der Waals surface area (Å²) in [5.74, 6) is 0.197. The van der Waals surface area contributed by atoms with E-state index in [0.717, 1.165) is 32.4 Å². The highest BCUT2D eigenvalue weighted by atomic mass is 32.2. The zero-order chi connectivity index (χ0) is 9.73. The molecule has 0 aromatic heterocycles. The second kappa shape index (κ2) is 4.77. The Labute approximate surface area is 80.1 Å². The molecule has 0 saturated carbocycles. The smallest absolute Gasteiger partial charge is 0.151 e. The minimum absolute atomic E-state index is 0.197. The lowest BCUT2D eigenvalue weighted by Gasteiger charge is -2.00. The van der Waals surface area contributed by atoms with Gasteiger partial charge in [-0.05, 0) is 32.4 Å². The molecule has 1 aliphatic heterocycles. The van der Waals surface area contributed by atoms with Gasteiger partial charge in [0.15, 0.2) is 9.84 Å². The second-order valence-electron chi connectivity index (χ2n) is 3.56. The van der Waals surface area contributed by atoms with E-state index in [0.29, 0.717) is 0 Å². The zero-order valence-corrected chi connectivity index (χ0v) is 8.86. The van der Waals surface area contributed by atoms with Gasteiger partial charge in [0.1, 0.15) is 0 Å². The van der Waals surface area contributed by atoms with Gasteiger partial charge in [-0.3, -0.25) is 0 Å². The van der Waals surface area contributed by atoms with E-state index in [1.807, 2.05) is 6.08 Å². The van der Waals surface area contributed by atoms with Crippen molar-refractivity contribution >= 4 is 9.84 Å². The second-order valence-corrected chi connectivity index (χ2v) is 5.74. The topological polar surface area (TPSA) is 46.2 Å². The van der Waals surface area contributed by atoms with Crippen LogP contribution in [0.25, 0.3) is 0 Å². The number of hydrogen-bond acceptors (Lipinski definition) is 3. The van der Waals surface area contributed by atoms with Crippen LogP contribution in [0.3, 0.4) is 0 Å². The minimum atomic E-state index is -2.83. The molecule has 0 spiro atoms. The third-order valence-corrected chi connectivity index (χ3v) is 2.92. The van der Waals surface area contributed by atoms with Crippen LogP contribution < -0.4 is 5.32 Å². The van der Waals surface area contributed by atoms with E-state index < -0.39 is 9.84 Å². The lowest BCUT2D eigenvalue weighted by atomic mass is 10.1. The summed E-state index contributed by atoms with van der Waals surface area (Å²) in [6, 6.07) is 0. The Morgan fingerprint density at radius 3 is 2.85 bits per heavy atom. The quantitative estimate of drug-likeness (QED) is 0.673. The average molecular weight is 203 g/mol. The van der Waals surface area contributed by atoms with E-state index in [1.165, 1.54) is 11.8 Å². The minimum Gasteiger partial charge on any atom is -0.316 e. The maximum Gasteiger partial charge on any atom is 0.151 e. The van der Waals surface area contributed by atoms with E-state index >= 15 is 0 Å². The molecule has 0 radical (unpaired) electrons. The normalized spacial score (nSPS) is 23.0. The maximum atomic E-state index is 10.9. The van der Waals surface area contributed by atoms with Gasteiger partial charge in [-0.2, -0.15) is 0 Å². The number of rotatable bonds is 2. The van der Waals surface area contributed by atoms with Crippen molar-refractivity contribution in [3.8, 4) is 0 Å². The Hall–Kier alpha value is -0.350. The zero-order valence-electron chi connectivity index (χ0n) is 8.04. The molecule has 3 nitrogen and oxygen atoms in total. The van der Waals surface area contributed by atoms with Gasteiger partial charge < -0.3 is 5.32 Å². The van der Waals surface area contributed by atoms with Gasteiger partial charge in [0.25, 0.3) is 0 Å². The van der Waals surface area contributed by atoms with Gasteiger partial charge in [0.2, 0.25) is 0 Å². The Morgan fingerprint density at radius 1 is 1.38 bits per heavy atom. The molecular weight excluding hydrogens is 186 g/mol. The molecule has 0 bridgehead atoms. The van der Waals surface area contributed by atoms with Crippen molar-refractivity contribution in [1.82, 2.24) is 5.32 Å². The standard InChI is InChI=1S/C9H17NO2S/c1-13(11,12)8-5-9-3-2-6-10-7-4-9/h5,10H,2-4,6-8H2,1H3/b9-5-. The first-order valence-corrected chi connectivity index (χ1v) is 6.70. The number of hydrogen-bond donors (Lipinski definition) is 1. The molecule has 1 rings (SSSR count). The fraction of sp³-hybridized carbons (Fsp3) is 0.778. The Kier molecular flexibility index (Phi) is 3.93. The molecule has 1 fully saturated rings. The summed E-state index contributed by atoms with van der Waals surface area (Å²) in [6.07, 6.45) is 6.31. The van der Waals surface area contributed by atoms with Crippen LogP contribution in [0.1, 0.15) is 19.3 Å². The Balaban J connectivity index is 2.49. The van der Waals surface area contributed by atoms with Gasteiger partial charge >= 0.3 is 0 Å².